The Bertz CT molecular complexity index is 212. The largest absolute Gasteiger partial charge is 0.317 e. The minimum Gasteiger partial charge on any atom is -0.317 e. The lowest BCUT2D eigenvalue weighted by Gasteiger charge is -2.39. The maximum Gasteiger partial charge on any atom is 0.0119 e. The van der Waals surface area contributed by atoms with Gasteiger partial charge in [-0.1, -0.05) is 13.8 Å². The molecule has 0 saturated carbocycles. The molecule has 0 aliphatic carbocycles. The smallest absolute Gasteiger partial charge is 0.0119 e. The van der Waals surface area contributed by atoms with Crippen LogP contribution in [0.1, 0.15) is 52.9 Å². The van der Waals surface area contributed by atoms with E-state index in [4.69, 9.17) is 0 Å². The molecule has 0 aromatic carbocycles. The summed E-state index contributed by atoms with van der Waals surface area (Å²) in [6.07, 6.45) is 6.57. The van der Waals surface area contributed by atoms with Crippen molar-refractivity contribution in [3.63, 3.8) is 0 Å². The van der Waals surface area contributed by atoms with Gasteiger partial charge in [0.1, 0.15) is 0 Å². The minimum atomic E-state index is 0.724. The van der Waals surface area contributed by atoms with Crippen molar-refractivity contribution >= 4 is 0 Å². The Morgan fingerprint density at radius 2 is 1.89 bits per heavy atom. The van der Waals surface area contributed by atoms with Crippen LogP contribution in [0.4, 0.5) is 0 Å². The Morgan fingerprint density at radius 1 is 1.21 bits per heavy atom. The second-order valence-electron chi connectivity index (χ2n) is 6.07. The van der Waals surface area contributed by atoms with Crippen LogP contribution in [0.2, 0.25) is 0 Å². The van der Waals surface area contributed by atoms with Crippen molar-refractivity contribution in [2.75, 3.05) is 39.8 Å². The lowest BCUT2D eigenvalue weighted by Crippen LogP contribution is -2.46. The molecular formula is C16H35N3. The SMILES string of the molecule is CCCNCCCC(C)N(C)C1CCN(CC)CC1. The molecule has 3 heteroatoms. The van der Waals surface area contributed by atoms with Crippen LogP contribution in [0.25, 0.3) is 0 Å². The summed E-state index contributed by atoms with van der Waals surface area (Å²) in [5.74, 6) is 0. The molecule has 0 amide bonds. The number of rotatable bonds is 9. The predicted octanol–water partition coefficient (Wildman–Crippen LogP) is 2.57. The summed E-state index contributed by atoms with van der Waals surface area (Å²) in [7, 11) is 2.33. The zero-order valence-electron chi connectivity index (χ0n) is 13.6. The summed E-state index contributed by atoms with van der Waals surface area (Å²) in [6.45, 7) is 13.0. The van der Waals surface area contributed by atoms with E-state index in [-0.39, 0.29) is 0 Å². The normalized spacial score (nSPS) is 20.1. The fraction of sp³-hybridized carbons (Fsp3) is 1.00. The number of hydrogen-bond acceptors (Lipinski definition) is 3. The van der Waals surface area contributed by atoms with Crippen molar-refractivity contribution in [2.24, 2.45) is 0 Å². The monoisotopic (exact) mass is 269 g/mol. The van der Waals surface area contributed by atoms with Crippen LogP contribution in [-0.4, -0.2) is 61.7 Å². The first kappa shape index (κ1) is 16.9. The van der Waals surface area contributed by atoms with Crippen molar-refractivity contribution in [1.82, 2.24) is 15.1 Å². The van der Waals surface area contributed by atoms with Gasteiger partial charge in [-0.3, -0.25) is 0 Å². The van der Waals surface area contributed by atoms with Gasteiger partial charge >= 0.3 is 0 Å². The molecule has 0 radical (unpaired) electrons. The lowest BCUT2D eigenvalue weighted by molar-refractivity contribution is 0.100. The van der Waals surface area contributed by atoms with Gasteiger partial charge in [0.25, 0.3) is 0 Å². The molecule has 19 heavy (non-hydrogen) atoms. The average Bonchev–Trinajstić information content (AvgIpc) is 2.46. The number of nitrogens with zero attached hydrogens (tertiary/aromatic N) is 2. The van der Waals surface area contributed by atoms with Crippen LogP contribution in [0.5, 0.6) is 0 Å². The molecule has 1 rings (SSSR count). The molecule has 1 N–H and O–H groups in total. The Morgan fingerprint density at radius 3 is 2.47 bits per heavy atom. The van der Waals surface area contributed by atoms with Gasteiger partial charge in [0, 0.05) is 12.1 Å². The second kappa shape index (κ2) is 9.73. The predicted molar refractivity (Wildman–Crippen MR) is 84.8 cm³/mol. The van der Waals surface area contributed by atoms with E-state index in [0.29, 0.717) is 0 Å². The van der Waals surface area contributed by atoms with E-state index in [2.05, 4.69) is 42.9 Å². The fourth-order valence-electron chi connectivity index (χ4n) is 3.03. The highest BCUT2D eigenvalue weighted by atomic mass is 15.2. The number of piperidine rings is 1. The first-order chi connectivity index (χ1) is 9.19. The summed E-state index contributed by atoms with van der Waals surface area (Å²) in [6, 6.07) is 1.53. The van der Waals surface area contributed by atoms with Crippen LogP contribution in [0, 0.1) is 0 Å². The maximum absolute atomic E-state index is 3.50. The molecule has 1 fully saturated rings. The molecule has 3 nitrogen and oxygen atoms in total. The molecule has 1 unspecified atom stereocenters. The van der Waals surface area contributed by atoms with Gasteiger partial charge in [-0.05, 0) is 78.8 Å². The average molecular weight is 269 g/mol. The summed E-state index contributed by atoms with van der Waals surface area (Å²) >= 11 is 0. The van der Waals surface area contributed by atoms with Gasteiger partial charge in [0.15, 0.2) is 0 Å². The van der Waals surface area contributed by atoms with E-state index in [1.54, 1.807) is 0 Å². The van der Waals surface area contributed by atoms with Gasteiger partial charge in [0.05, 0.1) is 0 Å². The van der Waals surface area contributed by atoms with Gasteiger partial charge in [0.2, 0.25) is 0 Å². The molecule has 114 valence electrons. The van der Waals surface area contributed by atoms with E-state index in [1.807, 2.05) is 0 Å². The van der Waals surface area contributed by atoms with Crippen LogP contribution in [-0.2, 0) is 0 Å². The molecular weight excluding hydrogens is 234 g/mol. The minimum absolute atomic E-state index is 0.724. The molecule has 1 aliphatic heterocycles. The standard InChI is InChI=1S/C16H35N3/c1-5-11-17-12-7-8-15(3)18(4)16-9-13-19(6-2)14-10-16/h15-17H,5-14H2,1-4H3. The van der Waals surface area contributed by atoms with E-state index >= 15 is 0 Å². The molecule has 0 bridgehead atoms. The Labute approximate surface area is 120 Å². The van der Waals surface area contributed by atoms with Gasteiger partial charge in [-0.25, -0.2) is 0 Å². The van der Waals surface area contributed by atoms with Crippen LogP contribution in [0.15, 0.2) is 0 Å². The third kappa shape index (κ3) is 6.24. The topological polar surface area (TPSA) is 18.5 Å². The molecule has 0 aromatic rings. The lowest BCUT2D eigenvalue weighted by atomic mass is 10.0. The Kier molecular flexibility index (Phi) is 8.67. The Balaban J connectivity index is 2.15. The van der Waals surface area contributed by atoms with Gasteiger partial charge in [-0.15, -0.1) is 0 Å². The van der Waals surface area contributed by atoms with Crippen molar-refractivity contribution in [3.05, 3.63) is 0 Å². The van der Waals surface area contributed by atoms with Crippen LogP contribution >= 0.6 is 0 Å². The first-order valence-corrected chi connectivity index (χ1v) is 8.34. The second-order valence-corrected chi connectivity index (χ2v) is 6.07. The number of nitrogens with one attached hydrogen (secondary N) is 1. The molecule has 1 atom stereocenters. The van der Waals surface area contributed by atoms with Gasteiger partial charge < -0.3 is 15.1 Å². The molecule has 1 heterocycles. The highest BCUT2D eigenvalue weighted by Gasteiger charge is 2.24. The Hall–Kier alpha value is -0.120. The first-order valence-electron chi connectivity index (χ1n) is 8.34. The van der Waals surface area contributed by atoms with Crippen LogP contribution in [0.3, 0.4) is 0 Å². The fourth-order valence-corrected chi connectivity index (χ4v) is 3.03. The van der Waals surface area contributed by atoms with Crippen LogP contribution < -0.4 is 5.32 Å². The molecule has 1 aliphatic rings. The highest BCUT2D eigenvalue weighted by Crippen LogP contribution is 2.18. The van der Waals surface area contributed by atoms with Crippen molar-refractivity contribution in [2.45, 2.75) is 65.0 Å². The van der Waals surface area contributed by atoms with E-state index < -0.39 is 0 Å². The maximum atomic E-state index is 3.50. The number of hydrogen-bond donors (Lipinski definition) is 1. The van der Waals surface area contributed by atoms with E-state index in [1.165, 1.54) is 64.8 Å². The quantitative estimate of drug-likeness (QED) is 0.649. The van der Waals surface area contributed by atoms with Gasteiger partial charge in [-0.2, -0.15) is 0 Å². The van der Waals surface area contributed by atoms with Crippen molar-refractivity contribution in [3.8, 4) is 0 Å². The zero-order valence-corrected chi connectivity index (χ0v) is 13.6. The van der Waals surface area contributed by atoms with Crippen molar-refractivity contribution < 1.29 is 0 Å². The third-order valence-electron chi connectivity index (χ3n) is 4.68. The molecule has 0 aromatic heterocycles. The molecule has 1 saturated heterocycles. The molecule has 0 spiro atoms. The zero-order chi connectivity index (χ0) is 14.1. The summed E-state index contributed by atoms with van der Waals surface area (Å²) in [4.78, 5) is 5.20. The van der Waals surface area contributed by atoms with E-state index in [9.17, 15) is 0 Å². The summed E-state index contributed by atoms with van der Waals surface area (Å²) < 4.78 is 0. The third-order valence-corrected chi connectivity index (χ3v) is 4.68. The number of likely N-dealkylation sites (tertiary alicyclic amines) is 1. The summed E-state index contributed by atoms with van der Waals surface area (Å²) in [5, 5.41) is 3.50. The highest BCUT2D eigenvalue weighted by molar-refractivity contribution is 4.80. The van der Waals surface area contributed by atoms with Crippen molar-refractivity contribution in [1.29, 1.82) is 0 Å². The summed E-state index contributed by atoms with van der Waals surface area (Å²) in [5.41, 5.74) is 0. The van der Waals surface area contributed by atoms with E-state index in [0.717, 1.165) is 12.1 Å².